The van der Waals surface area contributed by atoms with Crippen molar-refractivity contribution in [1.29, 1.82) is 0 Å². The van der Waals surface area contributed by atoms with Gasteiger partial charge in [-0.05, 0) is 35.0 Å². The molecule has 1 aromatic heterocycles. The molecule has 0 aliphatic rings. The average molecular weight is 283 g/mol. The molecule has 0 saturated carbocycles. The number of anilines is 1. The highest BCUT2D eigenvalue weighted by Crippen LogP contribution is 2.26. The van der Waals surface area contributed by atoms with E-state index in [0.29, 0.717) is 11.3 Å². The zero-order valence-electron chi connectivity index (χ0n) is 10.7. The van der Waals surface area contributed by atoms with E-state index < -0.39 is 0 Å². The molecule has 0 bridgehead atoms. The number of thiophene rings is 1. The minimum absolute atomic E-state index is 0.275. The zero-order chi connectivity index (χ0) is 13.9. The third kappa shape index (κ3) is 2.51. The summed E-state index contributed by atoms with van der Waals surface area (Å²) in [6.45, 7) is 0.275. The minimum atomic E-state index is -0.354. The van der Waals surface area contributed by atoms with Crippen LogP contribution >= 0.6 is 11.3 Å². The van der Waals surface area contributed by atoms with Crippen molar-refractivity contribution in [1.82, 2.24) is 0 Å². The van der Waals surface area contributed by atoms with Crippen LogP contribution in [0.1, 0.15) is 15.9 Å². The molecule has 0 atom stereocenters. The molecule has 20 heavy (non-hydrogen) atoms. The molecule has 100 valence electrons. The number of hydrogen-bond donors (Lipinski definition) is 1. The van der Waals surface area contributed by atoms with E-state index in [0.717, 1.165) is 10.9 Å². The third-order valence-electron chi connectivity index (χ3n) is 3.04. The van der Waals surface area contributed by atoms with Gasteiger partial charge in [0.25, 0.3) is 0 Å². The van der Waals surface area contributed by atoms with E-state index >= 15 is 0 Å². The third-order valence-corrected chi connectivity index (χ3v) is 4.05. The van der Waals surface area contributed by atoms with Crippen molar-refractivity contribution in [2.75, 3.05) is 5.73 Å². The van der Waals surface area contributed by atoms with Crippen LogP contribution < -0.4 is 5.73 Å². The highest BCUT2D eigenvalue weighted by molar-refractivity contribution is 7.17. The first-order chi connectivity index (χ1) is 9.74. The topological polar surface area (TPSA) is 52.3 Å². The monoisotopic (exact) mass is 283 g/mol. The molecule has 3 rings (SSSR count). The maximum Gasteiger partial charge on any atom is 0.338 e. The molecule has 0 fully saturated rings. The van der Waals surface area contributed by atoms with Crippen LogP contribution in [0.15, 0.2) is 53.9 Å². The second-order valence-electron chi connectivity index (χ2n) is 4.46. The SMILES string of the molecule is Nc1cccc(C(=O)OCc2csc3ccccc23)c1. The van der Waals surface area contributed by atoms with E-state index in [4.69, 9.17) is 10.5 Å². The van der Waals surface area contributed by atoms with Crippen molar-refractivity contribution in [2.45, 2.75) is 6.61 Å². The molecule has 0 aliphatic carbocycles. The lowest BCUT2D eigenvalue weighted by atomic mass is 10.2. The molecular formula is C16H13NO2S. The predicted molar refractivity (Wildman–Crippen MR) is 81.8 cm³/mol. The Bertz CT molecular complexity index is 764. The number of nitrogens with two attached hydrogens (primary N) is 1. The van der Waals surface area contributed by atoms with Gasteiger partial charge in [-0.25, -0.2) is 4.79 Å². The summed E-state index contributed by atoms with van der Waals surface area (Å²) in [4.78, 5) is 12.0. The minimum Gasteiger partial charge on any atom is -0.457 e. The molecule has 4 heteroatoms. The summed E-state index contributed by atoms with van der Waals surface area (Å²) in [5, 5.41) is 3.16. The molecule has 0 saturated heterocycles. The Morgan fingerprint density at radius 1 is 1.15 bits per heavy atom. The van der Waals surface area contributed by atoms with Crippen molar-refractivity contribution in [2.24, 2.45) is 0 Å². The number of carbonyl (C=O) groups excluding carboxylic acids is 1. The molecule has 0 amide bonds. The number of ether oxygens (including phenoxy) is 1. The molecule has 0 aliphatic heterocycles. The van der Waals surface area contributed by atoms with E-state index in [1.54, 1.807) is 35.6 Å². The fraction of sp³-hybridized carbons (Fsp3) is 0.0625. The van der Waals surface area contributed by atoms with Crippen molar-refractivity contribution in [3.63, 3.8) is 0 Å². The Kier molecular flexibility index (Phi) is 3.39. The van der Waals surface area contributed by atoms with Gasteiger partial charge in [0, 0.05) is 16.0 Å². The maximum absolute atomic E-state index is 12.0. The van der Waals surface area contributed by atoms with Crippen LogP contribution in [0.5, 0.6) is 0 Å². The van der Waals surface area contributed by atoms with Gasteiger partial charge in [0.15, 0.2) is 0 Å². The lowest BCUT2D eigenvalue weighted by Crippen LogP contribution is -2.05. The number of nitrogen functional groups attached to an aromatic ring is 1. The van der Waals surface area contributed by atoms with Gasteiger partial charge in [-0.1, -0.05) is 24.3 Å². The molecule has 0 radical (unpaired) electrons. The van der Waals surface area contributed by atoms with Crippen LogP contribution in [0.25, 0.3) is 10.1 Å². The lowest BCUT2D eigenvalue weighted by molar-refractivity contribution is 0.0475. The van der Waals surface area contributed by atoms with Gasteiger partial charge in [-0.2, -0.15) is 0 Å². The Morgan fingerprint density at radius 2 is 2.00 bits per heavy atom. The number of fused-ring (bicyclic) bond motifs is 1. The number of carbonyl (C=O) groups is 1. The number of benzene rings is 2. The predicted octanol–water partition coefficient (Wildman–Crippen LogP) is 3.84. The summed E-state index contributed by atoms with van der Waals surface area (Å²) in [6.07, 6.45) is 0. The van der Waals surface area contributed by atoms with E-state index in [1.807, 2.05) is 23.6 Å². The van der Waals surface area contributed by atoms with E-state index in [1.165, 1.54) is 4.70 Å². The molecule has 1 heterocycles. The second-order valence-corrected chi connectivity index (χ2v) is 5.37. The van der Waals surface area contributed by atoms with Crippen LogP contribution in [0, 0.1) is 0 Å². The summed E-state index contributed by atoms with van der Waals surface area (Å²) >= 11 is 1.65. The summed E-state index contributed by atoms with van der Waals surface area (Å²) in [5.41, 5.74) is 7.72. The lowest BCUT2D eigenvalue weighted by Gasteiger charge is -2.05. The van der Waals surface area contributed by atoms with Crippen LogP contribution in [0.4, 0.5) is 5.69 Å². The quantitative estimate of drug-likeness (QED) is 0.587. The van der Waals surface area contributed by atoms with Crippen LogP contribution in [-0.4, -0.2) is 5.97 Å². The van der Waals surface area contributed by atoms with Gasteiger partial charge >= 0.3 is 5.97 Å². The first kappa shape index (κ1) is 12.7. The molecule has 3 nitrogen and oxygen atoms in total. The summed E-state index contributed by atoms with van der Waals surface area (Å²) < 4.78 is 6.54. The van der Waals surface area contributed by atoms with Gasteiger partial charge < -0.3 is 10.5 Å². The second kappa shape index (κ2) is 5.35. The van der Waals surface area contributed by atoms with E-state index in [9.17, 15) is 4.79 Å². The highest BCUT2D eigenvalue weighted by atomic mass is 32.1. The largest absolute Gasteiger partial charge is 0.457 e. The first-order valence-electron chi connectivity index (χ1n) is 6.22. The van der Waals surface area contributed by atoms with E-state index in [-0.39, 0.29) is 12.6 Å². The number of hydrogen-bond acceptors (Lipinski definition) is 4. The molecular weight excluding hydrogens is 270 g/mol. The molecule has 3 aromatic rings. The molecule has 0 unspecified atom stereocenters. The van der Waals surface area contributed by atoms with Crippen molar-refractivity contribution >= 4 is 33.1 Å². The van der Waals surface area contributed by atoms with Gasteiger partial charge in [0.2, 0.25) is 0 Å². The smallest absolute Gasteiger partial charge is 0.338 e. The number of esters is 1. The summed E-state index contributed by atoms with van der Waals surface area (Å²) in [6, 6.07) is 14.9. The number of rotatable bonds is 3. The Morgan fingerprint density at radius 3 is 2.85 bits per heavy atom. The van der Waals surface area contributed by atoms with Crippen molar-refractivity contribution in [3.8, 4) is 0 Å². The summed E-state index contributed by atoms with van der Waals surface area (Å²) in [7, 11) is 0. The van der Waals surface area contributed by atoms with Gasteiger partial charge in [-0.15, -0.1) is 11.3 Å². The van der Waals surface area contributed by atoms with Crippen LogP contribution in [0.3, 0.4) is 0 Å². The maximum atomic E-state index is 12.0. The van der Waals surface area contributed by atoms with Crippen LogP contribution in [0.2, 0.25) is 0 Å². The van der Waals surface area contributed by atoms with Crippen molar-refractivity contribution in [3.05, 3.63) is 65.0 Å². The Hall–Kier alpha value is -2.33. The normalized spacial score (nSPS) is 10.6. The van der Waals surface area contributed by atoms with Crippen LogP contribution in [-0.2, 0) is 11.3 Å². The van der Waals surface area contributed by atoms with Gasteiger partial charge in [0.05, 0.1) is 5.56 Å². The fourth-order valence-electron chi connectivity index (χ4n) is 2.04. The Labute approximate surface area is 120 Å². The average Bonchev–Trinajstić information content (AvgIpc) is 2.88. The zero-order valence-corrected chi connectivity index (χ0v) is 11.5. The van der Waals surface area contributed by atoms with E-state index in [2.05, 4.69) is 6.07 Å². The molecule has 0 spiro atoms. The van der Waals surface area contributed by atoms with Gasteiger partial charge in [0.1, 0.15) is 6.61 Å². The standard InChI is InChI=1S/C16H13NO2S/c17-13-5-3-4-11(8-13)16(18)19-9-12-10-20-15-7-2-1-6-14(12)15/h1-8,10H,9,17H2. The van der Waals surface area contributed by atoms with Crippen molar-refractivity contribution < 1.29 is 9.53 Å². The first-order valence-corrected chi connectivity index (χ1v) is 7.10. The van der Waals surface area contributed by atoms with Gasteiger partial charge in [-0.3, -0.25) is 0 Å². The summed E-state index contributed by atoms with van der Waals surface area (Å²) in [5.74, 6) is -0.354. The molecule has 2 aromatic carbocycles. The highest BCUT2D eigenvalue weighted by Gasteiger charge is 2.09. The Balaban J connectivity index is 1.75. The molecule has 2 N–H and O–H groups in total. The fourth-order valence-corrected chi connectivity index (χ4v) is 2.98.